The van der Waals surface area contributed by atoms with Crippen LogP contribution in [0.15, 0.2) is 34.8 Å². The molecule has 0 aliphatic heterocycles. The molecule has 0 saturated heterocycles. The number of halogens is 1. The van der Waals surface area contributed by atoms with Gasteiger partial charge in [0, 0.05) is 14.2 Å². The molecular weight excluding hydrogens is 318 g/mol. The maximum atomic E-state index is 5.59. The summed E-state index contributed by atoms with van der Waals surface area (Å²) in [4.78, 5) is 9.18. The van der Waals surface area contributed by atoms with E-state index in [0.29, 0.717) is 5.82 Å². The van der Waals surface area contributed by atoms with Gasteiger partial charge in [-0.1, -0.05) is 37.3 Å². The van der Waals surface area contributed by atoms with Gasteiger partial charge in [0.1, 0.15) is 11.9 Å². The van der Waals surface area contributed by atoms with E-state index >= 15 is 0 Å². The van der Waals surface area contributed by atoms with Gasteiger partial charge >= 0.3 is 0 Å². The van der Waals surface area contributed by atoms with E-state index in [1.807, 2.05) is 37.4 Å². The Balaban J connectivity index is 2.50. The van der Waals surface area contributed by atoms with E-state index in [-0.39, 0.29) is 6.10 Å². The molecule has 1 N–H and O–H groups in total. The molecule has 2 aromatic rings. The molecule has 5 heteroatoms. The van der Waals surface area contributed by atoms with Crippen LogP contribution in [0.5, 0.6) is 0 Å². The number of rotatable bonds is 5. The summed E-state index contributed by atoms with van der Waals surface area (Å²) in [7, 11) is 3.52. The number of methoxy groups -OCH3 is 1. The highest BCUT2D eigenvalue weighted by molar-refractivity contribution is 9.10. The number of ether oxygens (including phenoxy) is 1. The smallest absolute Gasteiger partial charge is 0.164 e. The fraction of sp³-hybridized carbons (Fsp3) is 0.333. The Morgan fingerprint density at radius 3 is 2.50 bits per heavy atom. The first kappa shape index (κ1) is 14.9. The molecule has 4 nitrogen and oxygen atoms in total. The molecule has 0 aliphatic carbocycles. The number of nitrogens with zero attached hydrogens (tertiary/aromatic N) is 2. The van der Waals surface area contributed by atoms with Crippen LogP contribution >= 0.6 is 15.9 Å². The van der Waals surface area contributed by atoms with Gasteiger partial charge in [-0.3, -0.25) is 0 Å². The first-order valence-electron chi connectivity index (χ1n) is 6.53. The van der Waals surface area contributed by atoms with Crippen molar-refractivity contribution >= 4 is 21.7 Å². The maximum Gasteiger partial charge on any atom is 0.164 e. The lowest BCUT2D eigenvalue weighted by molar-refractivity contribution is 0.129. The zero-order valence-corrected chi connectivity index (χ0v) is 13.4. The van der Waals surface area contributed by atoms with Gasteiger partial charge in [-0.2, -0.15) is 0 Å². The highest BCUT2D eigenvalue weighted by Crippen LogP contribution is 2.29. The minimum atomic E-state index is -0.262. The van der Waals surface area contributed by atoms with Gasteiger partial charge in [-0.15, -0.1) is 0 Å². The molecule has 1 aromatic carbocycles. The average Bonchev–Trinajstić information content (AvgIpc) is 2.50. The van der Waals surface area contributed by atoms with Crippen molar-refractivity contribution in [3.8, 4) is 0 Å². The number of aryl methyl sites for hydroxylation is 1. The van der Waals surface area contributed by atoms with Crippen molar-refractivity contribution < 1.29 is 4.74 Å². The van der Waals surface area contributed by atoms with Crippen molar-refractivity contribution in [3.63, 3.8) is 0 Å². The van der Waals surface area contributed by atoms with Crippen molar-refractivity contribution in [2.75, 3.05) is 19.5 Å². The van der Waals surface area contributed by atoms with Crippen LogP contribution in [0, 0.1) is 0 Å². The average molecular weight is 336 g/mol. The van der Waals surface area contributed by atoms with Crippen LogP contribution in [-0.4, -0.2) is 24.1 Å². The summed E-state index contributed by atoms with van der Waals surface area (Å²) in [5.74, 6) is 1.45. The molecular formula is C15H18BrN3O. The van der Waals surface area contributed by atoms with E-state index in [9.17, 15) is 0 Å². The zero-order valence-electron chi connectivity index (χ0n) is 11.9. The summed E-state index contributed by atoms with van der Waals surface area (Å²) in [6, 6.07) is 9.99. The highest BCUT2D eigenvalue weighted by Gasteiger charge is 2.19. The molecule has 0 amide bonds. The Hall–Kier alpha value is -1.46. The SMILES string of the molecule is CCc1nc(C(OC)c2ccccc2)nc(NC)c1Br. The van der Waals surface area contributed by atoms with Crippen LogP contribution in [0.3, 0.4) is 0 Å². The molecule has 2 rings (SSSR count). The van der Waals surface area contributed by atoms with E-state index in [4.69, 9.17) is 4.74 Å². The van der Waals surface area contributed by atoms with Gasteiger partial charge in [0.2, 0.25) is 0 Å². The van der Waals surface area contributed by atoms with E-state index in [1.165, 1.54) is 0 Å². The molecule has 0 fully saturated rings. The molecule has 20 heavy (non-hydrogen) atoms. The second-order valence-electron chi connectivity index (χ2n) is 4.32. The lowest BCUT2D eigenvalue weighted by Crippen LogP contribution is -2.12. The number of aromatic nitrogens is 2. The van der Waals surface area contributed by atoms with Gasteiger partial charge in [-0.25, -0.2) is 9.97 Å². The fourth-order valence-corrected chi connectivity index (χ4v) is 2.70. The lowest BCUT2D eigenvalue weighted by Gasteiger charge is -2.17. The van der Waals surface area contributed by atoms with E-state index < -0.39 is 0 Å². The molecule has 0 bridgehead atoms. The van der Waals surface area contributed by atoms with E-state index in [0.717, 1.165) is 28.0 Å². The summed E-state index contributed by atoms with van der Waals surface area (Å²) in [5.41, 5.74) is 2.01. The Bertz CT molecular complexity index is 550. The standard InChI is InChI=1S/C15H18BrN3O/c1-4-11-12(16)14(17-2)19-15(18-11)13(20-3)10-8-6-5-7-9-10/h5-9,13H,4H2,1-3H3,(H,17,18,19). The summed E-state index contributed by atoms with van der Waals surface area (Å²) < 4.78 is 6.50. The quantitative estimate of drug-likeness (QED) is 0.907. The van der Waals surface area contributed by atoms with Gasteiger partial charge in [0.05, 0.1) is 10.2 Å². The minimum absolute atomic E-state index is 0.262. The van der Waals surface area contributed by atoms with E-state index in [2.05, 4.69) is 38.1 Å². The summed E-state index contributed by atoms with van der Waals surface area (Å²) in [6.07, 6.45) is 0.567. The van der Waals surface area contributed by atoms with Crippen LogP contribution in [0.4, 0.5) is 5.82 Å². The second kappa shape index (κ2) is 6.81. The normalized spacial score (nSPS) is 12.2. The molecule has 0 radical (unpaired) electrons. The zero-order chi connectivity index (χ0) is 14.5. The second-order valence-corrected chi connectivity index (χ2v) is 5.11. The molecule has 1 unspecified atom stereocenters. The first-order valence-corrected chi connectivity index (χ1v) is 7.32. The summed E-state index contributed by atoms with van der Waals surface area (Å²) >= 11 is 3.53. The van der Waals surface area contributed by atoms with Crippen LogP contribution in [0.1, 0.15) is 30.1 Å². The van der Waals surface area contributed by atoms with Crippen molar-refractivity contribution in [1.29, 1.82) is 0 Å². The Labute approximate surface area is 127 Å². The lowest BCUT2D eigenvalue weighted by atomic mass is 10.1. The molecule has 0 aliphatic rings. The predicted molar refractivity (Wildman–Crippen MR) is 84.0 cm³/mol. The third-order valence-corrected chi connectivity index (χ3v) is 3.91. The molecule has 0 spiro atoms. The van der Waals surface area contributed by atoms with Crippen molar-refractivity contribution in [2.24, 2.45) is 0 Å². The third-order valence-electron chi connectivity index (χ3n) is 3.08. The predicted octanol–water partition coefficient (Wildman–Crippen LogP) is 3.58. The topological polar surface area (TPSA) is 47.0 Å². The Kier molecular flexibility index (Phi) is 5.09. The Morgan fingerprint density at radius 2 is 1.95 bits per heavy atom. The number of hydrogen-bond donors (Lipinski definition) is 1. The Morgan fingerprint density at radius 1 is 1.25 bits per heavy atom. The van der Waals surface area contributed by atoms with Gasteiger partial charge in [-0.05, 0) is 27.9 Å². The van der Waals surface area contributed by atoms with Crippen molar-refractivity contribution in [2.45, 2.75) is 19.4 Å². The van der Waals surface area contributed by atoms with Crippen LogP contribution < -0.4 is 5.32 Å². The van der Waals surface area contributed by atoms with Crippen LogP contribution in [0.2, 0.25) is 0 Å². The molecule has 106 valence electrons. The van der Waals surface area contributed by atoms with Crippen LogP contribution in [0.25, 0.3) is 0 Å². The third kappa shape index (κ3) is 2.99. The fourth-order valence-electron chi connectivity index (χ4n) is 2.05. The number of hydrogen-bond acceptors (Lipinski definition) is 4. The molecule has 1 atom stereocenters. The van der Waals surface area contributed by atoms with Crippen molar-refractivity contribution in [3.05, 3.63) is 51.9 Å². The summed E-state index contributed by atoms with van der Waals surface area (Å²) in [5, 5.41) is 3.09. The van der Waals surface area contributed by atoms with Gasteiger partial charge < -0.3 is 10.1 Å². The number of nitrogens with one attached hydrogen (secondary N) is 1. The number of benzene rings is 1. The monoisotopic (exact) mass is 335 g/mol. The minimum Gasteiger partial charge on any atom is -0.372 e. The van der Waals surface area contributed by atoms with Crippen molar-refractivity contribution in [1.82, 2.24) is 9.97 Å². The number of anilines is 1. The van der Waals surface area contributed by atoms with Gasteiger partial charge in [0.25, 0.3) is 0 Å². The first-order chi connectivity index (χ1) is 9.71. The maximum absolute atomic E-state index is 5.59. The van der Waals surface area contributed by atoms with E-state index in [1.54, 1.807) is 7.11 Å². The van der Waals surface area contributed by atoms with Gasteiger partial charge in [0.15, 0.2) is 5.82 Å². The molecule has 0 saturated carbocycles. The molecule has 1 aromatic heterocycles. The molecule has 1 heterocycles. The largest absolute Gasteiger partial charge is 0.372 e. The summed E-state index contributed by atoms with van der Waals surface area (Å²) in [6.45, 7) is 2.07. The van der Waals surface area contributed by atoms with Crippen LogP contribution in [-0.2, 0) is 11.2 Å². The highest BCUT2D eigenvalue weighted by atomic mass is 79.9.